The van der Waals surface area contributed by atoms with Gasteiger partial charge in [0.25, 0.3) is 0 Å². The van der Waals surface area contributed by atoms with Gasteiger partial charge in [0.2, 0.25) is 0 Å². The summed E-state index contributed by atoms with van der Waals surface area (Å²) in [6.07, 6.45) is -4.71. The van der Waals surface area contributed by atoms with Crippen LogP contribution in [0.3, 0.4) is 0 Å². The molecule has 0 spiro atoms. The topological polar surface area (TPSA) is 63.3 Å². The first-order valence-corrected chi connectivity index (χ1v) is 5.51. The van der Waals surface area contributed by atoms with Crippen LogP contribution in [0.2, 0.25) is 0 Å². The number of nitrogens with zero attached hydrogens (tertiary/aromatic N) is 1. The van der Waals surface area contributed by atoms with Gasteiger partial charge in [-0.2, -0.15) is 13.2 Å². The lowest BCUT2D eigenvalue weighted by atomic mass is 10.3. The first-order valence-electron chi connectivity index (χ1n) is 5.51. The molecular formula is C11H14F3N3O2. The number of anilines is 1. The van der Waals surface area contributed by atoms with E-state index in [1.54, 1.807) is 25.4 Å². The fourth-order valence-electron chi connectivity index (χ4n) is 1.28. The third kappa shape index (κ3) is 5.94. The summed E-state index contributed by atoms with van der Waals surface area (Å²) in [5.41, 5.74) is 0.635. The van der Waals surface area contributed by atoms with E-state index in [0.717, 1.165) is 0 Å². The number of halogens is 3. The van der Waals surface area contributed by atoms with E-state index in [2.05, 4.69) is 10.3 Å². The van der Waals surface area contributed by atoms with Gasteiger partial charge in [-0.3, -0.25) is 0 Å². The van der Waals surface area contributed by atoms with Crippen LogP contribution in [0.25, 0.3) is 0 Å². The van der Waals surface area contributed by atoms with Gasteiger partial charge in [-0.25, -0.2) is 9.78 Å². The van der Waals surface area contributed by atoms with Crippen molar-refractivity contribution in [2.75, 3.05) is 18.9 Å². The Balaban J connectivity index is 2.34. The first-order chi connectivity index (χ1) is 8.92. The van der Waals surface area contributed by atoms with Crippen LogP contribution in [0.5, 0.6) is 0 Å². The summed E-state index contributed by atoms with van der Waals surface area (Å²) in [5.74, 6) is 0.547. The Morgan fingerprint density at radius 3 is 2.84 bits per heavy atom. The lowest BCUT2D eigenvalue weighted by molar-refractivity contribution is -0.133. The Morgan fingerprint density at radius 1 is 1.47 bits per heavy atom. The maximum absolute atomic E-state index is 11.8. The standard InChI is InChI=1S/C11H14F3N3O2/c1-15-9-8(3-2-5-16-9)7-19-10(18)17-6-4-11(12,13)14/h2-3,5H,4,6-7H2,1H3,(H,15,16)(H,17,18). The maximum Gasteiger partial charge on any atom is 0.407 e. The van der Waals surface area contributed by atoms with Crippen molar-refractivity contribution in [2.24, 2.45) is 0 Å². The monoisotopic (exact) mass is 277 g/mol. The fourth-order valence-corrected chi connectivity index (χ4v) is 1.28. The van der Waals surface area contributed by atoms with E-state index in [1.165, 1.54) is 0 Å². The van der Waals surface area contributed by atoms with Crippen molar-refractivity contribution in [1.29, 1.82) is 0 Å². The van der Waals surface area contributed by atoms with Gasteiger partial charge in [0.1, 0.15) is 12.4 Å². The summed E-state index contributed by atoms with van der Waals surface area (Å²) in [6.45, 7) is -0.573. The van der Waals surface area contributed by atoms with Crippen molar-refractivity contribution in [3.63, 3.8) is 0 Å². The molecule has 0 aliphatic heterocycles. The Morgan fingerprint density at radius 2 is 2.21 bits per heavy atom. The molecule has 0 saturated heterocycles. The molecule has 0 aliphatic rings. The third-order valence-electron chi connectivity index (χ3n) is 2.16. The second-order valence-corrected chi connectivity index (χ2v) is 3.63. The van der Waals surface area contributed by atoms with E-state index in [9.17, 15) is 18.0 Å². The molecule has 19 heavy (non-hydrogen) atoms. The Labute approximate surface area is 108 Å². The van der Waals surface area contributed by atoms with Crippen LogP contribution in [-0.2, 0) is 11.3 Å². The van der Waals surface area contributed by atoms with E-state index in [0.29, 0.717) is 11.4 Å². The highest BCUT2D eigenvalue weighted by Crippen LogP contribution is 2.18. The molecule has 5 nitrogen and oxygen atoms in total. The Kier molecular flexibility index (Phi) is 5.40. The number of aromatic nitrogens is 1. The number of alkyl halides is 3. The van der Waals surface area contributed by atoms with E-state index in [4.69, 9.17) is 4.74 Å². The van der Waals surface area contributed by atoms with Gasteiger partial charge >= 0.3 is 12.3 Å². The van der Waals surface area contributed by atoms with Gasteiger partial charge in [0, 0.05) is 25.4 Å². The van der Waals surface area contributed by atoms with Gasteiger partial charge < -0.3 is 15.4 Å². The van der Waals surface area contributed by atoms with Gasteiger partial charge in [0.15, 0.2) is 0 Å². The molecule has 1 amide bonds. The van der Waals surface area contributed by atoms with Crippen LogP contribution >= 0.6 is 0 Å². The zero-order valence-corrected chi connectivity index (χ0v) is 10.3. The molecule has 2 N–H and O–H groups in total. The predicted molar refractivity (Wildman–Crippen MR) is 62.6 cm³/mol. The highest BCUT2D eigenvalue weighted by atomic mass is 19.4. The van der Waals surface area contributed by atoms with E-state index in [-0.39, 0.29) is 6.61 Å². The number of hydrogen-bond donors (Lipinski definition) is 2. The normalized spacial score (nSPS) is 10.9. The molecule has 0 bridgehead atoms. The number of nitrogens with one attached hydrogen (secondary N) is 2. The molecule has 0 aliphatic carbocycles. The SMILES string of the molecule is CNc1ncccc1COC(=O)NCCC(F)(F)F. The number of rotatable bonds is 5. The molecule has 0 atom stereocenters. The van der Waals surface area contributed by atoms with Crippen LogP contribution in [-0.4, -0.2) is 30.8 Å². The van der Waals surface area contributed by atoms with E-state index in [1.807, 2.05) is 5.32 Å². The molecule has 106 valence electrons. The quantitative estimate of drug-likeness (QED) is 0.867. The van der Waals surface area contributed by atoms with Crippen molar-refractivity contribution in [1.82, 2.24) is 10.3 Å². The minimum absolute atomic E-state index is 0.0676. The number of carbonyl (C=O) groups is 1. The number of alkyl carbamates (subject to hydrolysis) is 1. The van der Waals surface area contributed by atoms with Crippen molar-refractivity contribution >= 4 is 11.9 Å². The van der Waals surface area contributed by atoms with Gasteiger partial charge in [-0.05, 0) is 6.07 Å². The third-order valence-corrected chi connectivity index (χ3v) is 2.16. The summed E-state index contributed by atoms with van der Waals surface area (Å²) >= 11 is 0. The average molecular weight is 277 g/mol. The zero-order chi connectivity index (χ0) is 14.3. The smallest absolute Gasteiger partial charge is 0.407 e. The predicted octanol–water partition coefficient (Wildman–Crippen LogP) is 2.30. The number of carbonyl (C=O) groups excluding carboxylic acids is 1. The summed E-state index contributed by atoms with van der Waals surface area (Å²) < 4.78 is 40.3. The van der Waals surface area contributed by atoms with Crippen LogP contribution in [0.15, 0.2) is 18.3 Å². The fraction of sp³-hybridized carbons (Fsp3) is 0.455. The lowest BCUT2D eigenvalue weighted by Gasteiger charge is -2.10. The molecule has 0 unspecified atom stereocenters. The minimum atomic E-state index is -4.30. The molecule has 0 fully saturated rings. The zero-order valence-electron chi connectivity index (χ0n) is 10.3. The second-order valence-electron chi connectivity index (χ2n) is 3.63. The summed E-state index contributed by atoms with van der Waals surface area (Å²) in [5, 5.41) is 4.84. The first kappa shape index (κ1) is 15.1. The summed E-state index contributed by atoms with van der Waals surface area (Å²) in [6, 6.07) is 3.36. The van der Waals surface area contributed by atoms with E-state index >= 15 is 0 Å². The van der Waals surface area contributed by atoms with Crippen molar-refractivity contribution in [3.8, 4) is 0 Å². The average Bonchev–Trinajstić information content (AvgIpc) is 2.35. The van der Waals surface area contributed by atoms with Crippen molar-refractivity contribution < 1.29 is 22.7 Å². The summed E-state index contributed by atoms with van der Waals surface area (Å²) in [4.78, 5) is 15.2. The molecule has 1 aromatic heterocycles. The van der Waals surface area contributed by atoms with Crippen molar-refractivity contribution in [3.05, 3.63) is 23.9 Å². The molecule has 0 aromatic carbocycles. The molecule has 1 rings (SSSR count). The van der Waals surface area contributed by atoms with Crippen LogP contribution in [0.1, 0.15) is 12.0 Å². The molecular weight excluding hydrogens is 263 g/mol. The second kappa shape index (κ2) is 6.81. The Hall–Kier alpha value is -1.99. The maximum atomic E-state index is 11.8. The van der Waals surface area contributed by atoms with Crippen LogP contribution in [0.4, 0.5) is 23.8 Å². The number of pyridine rings is 1. The number of amides is 1. The number of hydrogen-bond acceptors (Lipinski definition) is 4. The largest absolute Gasteiger partial charge is 0.445 e. The van der Waals surface area contributed by atoms with Gasteiger partial charge in [0.05, 0.1) is 6.42 Å². The molecule has 1 aromatic rings. The highest BCUT2D eigenvalue weighted by molar-refractivity contribution is 5.67. The molecule has 0 saturated carbocycles. The highest BCUT2D eigenvalue weighted by Gasteiger charge is 2.26. The molecule has 8 heteroatoms. The minimum Gasteiger partial charge on any atom is -0.445 e. The lowest BCUT2D eigenvalue weighted by Crippen LogP contribution is -2.28. The van der Waals surface area contributed by atoms with E-state index < -0.39 is 25.2 Å². The summed E-state index contributed by atoms with van der Waals surface area (Å²) in [7, 11) is 1.66. The van der Waals surface area contributed by atoms with Gasteiger partial charge in [-0.15, -0.1) is 0 Å². The van der Waals surface area contributed by atoms with Crippen LogP contribution < -0.4 is 10.6 Å². The Bertz CT molecular complexity index is 424. The van der Waals surface area contributed by atoms with Crippen LogP contribution in [0, 0.1) is 0 Å². The molecule has 1 heterocycles. The number of ether oxygens (including phenoxy) is 1. The molecule has 0 radical (unpaired) electrons. The van der Waals surface area contributed by atoms with Gasteiger partial charge in [-0.1, -0.05) is 6.07 Å². The van der Waals surface area contributed by atoms with Crippen molar-refractivity contribution in [2.45, 2.75) is 19.2 Å².